The van der Waals surface area contributed by atoms with Gasteiger partial charge in [0.1, 0.15) is 0 Å². The van der Waals surface area contributed by atoms with E-state index in [0.29, 0.717) is 11.7 Å². The van der Waals surface area contributed by atoms with Crippen molar-refractivity contribution in [3.63, 3.8) is 0 Å². The topological polar surface area (TPSA) is 64.7 Å². The predicted octanol–water partition coefficient (Wildman–Crippen LogP) is 0.539. The first-order chi connectivity index (χ1) is 5.74. The van der Waals surface area contributed by atoms with Crippen LogP contribution in [0.15, 0.2) is 5.16 Å². The van der Waals surface area contributed by atoms with Crippen molar-refractivity contribution in [1.82, 2.24) is 15.2 Å². The van der Waals surface area contributed by atoms with Crippen LogP contribution in [0.4, 0.5) is 0 Å². The van der Waals surface area contributed by atoms with E-state index in [2.05, 4.69) is 15.2 Å². The van der Waals surface area contributed by atoms with Gasteiger partial charge >= 0.3 is 0 Å². The molecule has 66 valence electrons. The number of thioether (sulfide) groups is 1. The normalized spacial score (nSPS) is 10.2. The van der Waals surface area contributed by atoms with Crippen molar-refractivity contribution in [1.29, 1.82) is 0 Å². The summed E-state index contributed by atoms with van der Waals surface area (Å²) >= 11 is 1.53. The van der Waals surface area contributed by atoms with Crippen LogP contribution in [0.1, 0.15) is 11.4 Å². The van der Waals surface area contributed by atoms with Crippen LogP contribution in [-0.2, 0) is 0 Å². The van der Waals surface area contributed by atoms with Crippen molar-refractivity contribution in [3.8, 4) is 0 Å². The Hall–Kier alpha value is -0.680. The van der Waals surface area contributed by atoms with Crippen LogP contribution in [0.5, 0.6) is 0 Å². The molecule has 4 nitrogen and oxygen atoms in total. The van der Waals surface area contributed by atoms with Gasteiger partial charge in [0.25, 0.3) is 0 Å². The summed E-state index contributed by atoms with van der Waals surface area (Å²) in [5.74, 6) is 0.837. The third kappa shape index (κ3) is 2.42. The summed E-state index contributed by atoms with van der Waals surface area (Å²) in [4.78, 5) is 4.24. The third-order valence-corrected chi connectivity index (χ3v) is 2.29. The molecule has 0 bridgehead atoms. The van der Waals surface area contributed by atoms with Gasteiger partial charge in [0.05, 0.1) is 11.4 Å². The van der Waals surface area contributed by atoms with E-state index >= 15 is 0 Å². The highest BCUT2D eigenvalue weighted by Crippen LogP contribution is 2.11. The average molecular weight is 184 g/mol. The Bertz CT molecular complexity index is 264. The molecule has 0 saturated heterocycles. The first-order valence-corrected chi connectivity index (χ1v) is 4.73. The molecule has 1 aromatic rings. The van der Waals surface area contributed by atoms with E-state index in [0.717, 1.165) is 17.1 Å². The second-order valence-corrected chi connectivity index (χ2v) is 3.46. The van der Waals surface area contributed by atoms with Crippen molar-refractivity contribution in [3.05, 3.63) is 11.4 Å². The third-order valence-electron chi connectivity index (χ3n) is 1.42. The fraction of sp³-hybridized carbons (Fsp3) is 0.571. The van der Waals surface area contributed by atoms with E-state index in [1.807, 2.05) is 13.8 Å². The maximum absolute atomic E-state index is 5.35. The van der Waals surface area contributed by atoms with Crippen LogP contribution in [0, 0.1) is 13.8 Å². The van der Waals surface area contributed by atoms with E-state index in [1.54, 1.807) is 0 Å². The number of nitrogens with zero attached hydrogens (tertiary/aromatic N) is 3. The van der Waals surface area contributed by atoms with Gasteiger partial charge in [-0.2, -0.15) is 5.10 Å². The van der Waals surface area contributed by atoms with E-state index in [1.165, 1.54) is 11.8 Å². The molecule has 0 fully saturated rings. The number of nitrogens with two attached hydrogens (primary N) is 1. The molecule has 0 amide bonds. The zero-order valence-electron chi connectivity index (χ0n) is 7.24. The maximum atomic E-state index is 5.35. The van der Waals surface area contributed by atoms with Crippen molar-refractivity contribution in [2.75, 3.05) is 12.3 Å². The molecule has 0 aromatic carbocycles. The smallest absolute Gasteiger partial charge is 0.209 e. The highest BCUT2D eigenvalue weighted by molar-refractivity contribution is 7.99. The van der Waals surface area contributed by atoms with Crippen LogP contribution >= 0.6 is 11.8 Å². The van der Waals surface area contributed by atoms with Gasteiger partial charge in [-0.05, 0) is 13.8 Å². The fourth-order valence-corrected chi connectivity index (χ4v) is 1.25. The summed E-state index contributed by atoms with van der Waals surface area (Å²) in [6, 6.07) is 0. The molecule has 2 N–H and O–H groups in total. The van der Waals surface area contributed by atoms with Gasteiger partial charge in [-0.1, -0.05) is 11.8 Å². The summed E-state index contributed by atoms with van der Waals surface area (Å²) in [6.45, 7) is 4.46. The second kappa shape index (κ2) is 4.37. The van der Waals surface area contributed by atoms with Crippen LogP contribution < -0.4 is 5.73 Å². The number of rotatable bonds is 3. The minimum Gasteiger partial charge on any atom is -0.330 e. The molecule has 0 aliphatic heterocycles. The highest BCUT2D eigenvalue weighted by atomic mass is 32.2. The molecule has 0 aliphatic carbocycles. The Morgan fingerprint density at radius 2 is 2.00 bits per heavy atom. The molecule has 0 spiro atoms. The van der Waals surface area contributed by atoms with Crippen molar-refractivity contribution < 1.29 is 0 Å². The Morgan fingerprint density at radius 3 is 2.58 bits per heavy atom. The highest BCUT2D eigenvalue weighted by Gasteiger charge is 2.00. The lowest BCUT2D eigenvalue weighted by Crippen LogP contribution is -2.03. The molecular weight excluding hydrogens is 172 g/mol. The first kappa shape index (κ1) is 9.41. The Labute approximate surface area is 76.0 Å². The van der Waals surface area contributed by atoms with Gasteiger partial charge in [0.2, 0.25) is 5.16 Å². The van der Waals surface area contributed by atoms with Gasteiger partial charge in [-0.3, -0.25) is 0 Å². The van der Waals surface area contributed by atoms with Crippen LogP contribution in [-0.4, -0.2) is 27.5 Å². The maximum Gasteiger partial charge on any atom is 0.209 e. The average Bonchev–Trinajstić information content (AvgIpc) is 2.07. The van der Waals surface area contributed by atoms with Gasteiger partial charge < -0.3 is 5.73 Å². The number of aryl methyl sites for hydroxylation is 2. The molecule has 5 heteroatoms. The van der Waals surface area contributed by atoms with Gasteiger partial charge in [0.15, 0.2) is 0 Å². The largest absolute Gasteiger partial charge is 0.330 e. The van der Waals surface area contributed by atoms with E-state index in [4.69, 9.17) is 5.73 Å². The lowest BCUT2D eigenvalue weighted by molar-refractivity contribution is 0.789. The summed E-state index contributed by atoms with van der Waals surface area (Å²) < 4.78 is 0. The number of hydrogen-bond donors (Lipinski definition) is 1. The Balaban J connectivity index is 2.69. The van der Waals surface area contributed by atoms with E-state index in [-0.39, 0.29) is 0 Å². The molecule has 1 rings (SSSR count). The van der Waals surface area contributed by atoms with Crippen LogP contribution in [0.3, 0.4) is 0 Å². The molecule has 0 radical (unpaired) electrons. The lowest BCUT2D eigenvalue weighted by atomic mass is 10.4. The molecule has 0 aliphatic rings. The van der Waals surface area contributed by atoms with Crippen molar-refractivity contribution in [2.24, 2.45) is 5.73 Å². The van der Waals surface area contributed by atoms with Crippen molar-refractivity contribution >= 4 is 11.8 Å². The lowest BCUT2D eigenvalue weighted by Gasteiger charge is -1.99. The summed E-state index contributed by atoms with van der Waals surface area (Å²) in [7, 11) is 0. The molecule has 12 heavy (non-hydrogen) atoms. The fourth-order valence-electron chi connectivity index (χ4n) is 0.648. The monoisotopic (exact) mass is 184 g/mol. The van der Waals surface area contributed by atoms with Crippen molar-refractivity contribution in [2.45, 2.75) is 19.0 Å². The molecule has 1 aromatic heterocycles. The van der Waals surface area contributed by atoms with Gasteiger partial charge in [0, 0.05) is 12.3 Å². The van der Waals surface area contributed by atoms with Crippen LogP contribution in [0.2, 0.25) is 0 Å². The quantitative estimate of drug-likeness (QED) is 0.694. The molecule has 0 atom stereocenters. The SMILES string of the molecule is Cc1nnc(SCCN)nc1C. The number of hydrogen-bond acceptors (Lipinski definition) is 5. The molecule has 1 heterocycles. The first-order valence-electron chi connectivity index (χ1n) is 3.75. The summed E-state index contributed by atoms with van der Waals surface area (Å²) in [5.41, 5.74) is 7.16. The molecule has 0 unspecified atom stereocenters. The number of aromatic nitrogens is 3. The standard InChI is InChI=1S/C7H12N4S/c1-5-6(2)10-11-7(9-5)12-4-3-8/h3-4,8H2,1-2H3. The minimum atomic E-state index is 0.640. The van der Waals surface area contributed by atoms with E-state index in [9.17, 15) is 0 Å². The Morgan fingerprint density at radius 1 is 1.25 bits per heavy atom. The zero-order chi connectivity index (χ0) is 8.97. The van der Waals surface area contributed by atoms with Gasteiger partial charge in [-0.25, -0.2) is 4.98 Å². The predicted molar refractivity (Wildman–Crippen MR) is 49.1 cm³/mol. The summed E-state index contributed by atoms with van der Waals surface area (Å²) in [5, 5.41) is 8.59. The van der Waals surface area contributed by atoms with E-state index < -0.39 is 0 Å². The Kier molecular flexibility index (Phi) is 3.43. The van der Waals surface area contributed by atoms with Gasteiger partial charge in [-0.15, -0.1) is 5.10 Å². The van der Waals surface area contributed by atoms with Crippen LogP contribution in [0.25, 0.3) is 0 Å². The molecule has 0 saturated carbocycles. The zero-order valence-corrected chi connectivity index (χ0v) is 8.06. The minimum absolute atomic E-state index is 0.640. The second-order valence-electron chi connectivity index (χ2n) is 2.40. The molecular formula is C7H12N4S. The summed E-state index contributed by atoms with van der Waals surface area (Å²) in [6.07, 6.45) is 0.